The van der Waals surface area contributed by atoms with Crippen molar-refractivity contribution in [1.29, 1.82) is 0 Å². The zero-order valence-electron chi connectivity index (χ0n) is 16.7. The quantitative estimate of drug-likeness (QED) is 0.715. The first-order chi connectivity index (χ1) is 12.6. The summed E-state index contributed by atoms with van der Waals surface area (Å²) in [6, 6.07) is 8.16. The van der Waals surface area contributed by atoms with E-state index in [9.17, 15) is 13.2 Å². The van der Waals surface area contributed by atoms with Crippen molar-refractivity contribution in [1.82, 2.24) is 9.62 Å². The number of hydrogen-bond acceptors (Lipinski definition) is 5. The molecule has 1 aromatic carbocycles. The molecular weight excluding hydrogens is 364 g/mol. The van der Waals surface area contributed by atoms with E-state index in [1.165, 1.54) is 9.87 Å². The number of hydrogen-bond donors (Lipinski definition) is 2. The van der Waals surface area contributed by atoms with Gasteiger partial charge >= 0.3 is 0 Å². The number of aryl methyl sites for hydroxylation is 1. The highest BCUT2D eigenvalue weighted by Gasteiger charge is 2.33. The lowest BCUT2D eigenvalue weighted by Crippen LogP contribution is -2.57. The number of sulfonamides is 1. The molecule has 27 heavy (non-hydrogen) atoms. The summed E-state index contributed by atoms with van der Waals surface area (Å²) in [5, 5.41) is 2.80. The molecule has 0 bridgehead atoms. The Hall–Kier alpha value is -1.64. The Labute approximate surface area is 163 Å². The molecule has 0 aliphatic carbocycles. The fourth-order valence-electron chi connectivity index (χ4n) is 3.09. The van der Waals surface area contributed by atoms with Gasteiger partial charge in [-0.25, -0.2) is 8.42 Å². The number of rotatable bonds is 7. The van der Waals surface area contributed by atoms with Crippen molar-refractivity contribution >= 4 is 21.6 Å². The highest BCUT2D eigenvalue weighted by atomic mass is 32.2. The van der Waals surface area contributed by atoms with Crippen molar-refractivity contribution in [2.75, 3.05) is 43.4 Å². The molecule has 1 unspecified atom stereocenters. The molecule has 1 atom stereocenters. The number of anilines is 1. The third kappa shape index (κ3) is 5.43. The molecule has 1 amide bonds. The van der Waals surface area contributed by atoms with Crippen LogP contribution in [0.15, 0.2) is 24.3 Å². The predicted octanol–water partition coefficient (Wildman–Crippen LogP) is 0.936. The zero-order chi connectivity index (χ0) is 20.2. The maximum atomic E-state index is 12.7. The lowest BCUT2D eigenvalue weighted by Gasteiger charge is -2.36. The van der Waals surface area contributed by atoms with Crippen LogP contribution in [0, 0.1) is 12.8 Å². The molecule has 0 spiro atoms. The Morgan fingerprint density at radius 2 is 1.89 bits per heavy atom. The summed E-state index contributed by atoms with van der Waals surface area (Å²) in [7, 11) is -3.65. The molecule has 1 aliphatic heterocycles. The molecule has 7 nitrogen and oxygen atoms in total. The molecule has 0 radical (unpaired) electrons. The summed E-state index contributed by atoms with van der Waals surface area (Å²) < 4.78 is 26.7. The van der Waals surface area contributed by atoms with Crippen LogP contribution in [0.25, 0.3) is 0 Å². The zero-order valence-corrected chi connectivity index (χ0v) is 17.6. The number of nitrogens with one attached hydrogen (secondary N) is 1. The van der Waals surface area contributed by atoms with Crippen molar-refractivity contribution < 1.29 is 13.2 Å². The predicted molar refractivity (Wildman–Crippen MR) is 109 cm³/mol. The van der Waals surface area contributed by atoms with Crippen LogP contribution in [0.4, 0.5) is 5.69 Å². The van der Waals surface area contributed by atoms with Gasteiger partial charge in [0.15, 0.2) is 0 Å². The Morgan fingerprint density at radius 1 is 1.26 bits per heavy atom. The number of nitrogens with zero attached hydrogens (tertiary/aromatic N) is 2. The van der Waals surface area contributed by atoms with E-state index in [0.29, 0.717) is 26.2 Å². The van der Waals surface area contributed by atoms with E-state index in [1.54, 1.807) is 0 Å². The second-order valence-electron chi connectivity index (χ2n) is 7.81. The summed E-state index contributed by atoms with van der Waals surface area (Å²) in [6.45, 7) is 10.00. The van der Waals surface area contributed by atoms with Gasteiger partial charge in [-0.3, -0.25) is 4.79 Å². The largest absolute Gasteiger partial charge is 0.369 e. The molecule has 3 N–H and O–H groups in total. The molecule has 1 saturated heterocycles. The maximum absolute atomic E-state index is 12.7. The average molecular weight is 397 g/mol. The van der Waals surface area contributed by atoms with Crippen LogP contribution in [0.1, 0.15) is 26.3 Å². The molecule has 1 fully saturated rings. The standard InChI is InChI=1S/C19H32N4O3S/c1-15(2)19(4,14-20)21-18(24)13-27(25,26)23-10-8-22(9-11-23)17-7-5-6-16(3)12-17/h5-7,12,15H,8-11,13-14,20H2,1-4H3,(H,21,24). The topological polar surface area (TPSA) is 95.7 Å². The van der Waals surface area contributed by atoms with Crippen molar-refractivity contribution in [3.05, 3.63) is 29.8 Å². The number of nitrogens with two attached hydrogens (primary N) is 1. The first-order valence-electron chi connectivity index (χ1n) is 9.38. The van der Waals surface area contributed by atoms with Crippen LogP contribution in [0.2, 0.25) is 0 Å². The minimum Gasteiger partial charge on any atom is -0.369 e. The third-order valence-electron chi connectivity index (χ3n) is 5.44. The van der Waals surface area contributed by atoms with Gasteiger partial charge in [-0.15, -0.1) is 0 Å². The molecule has 1 heterocycles. The monoisotopic (exact) mass is 396 g/mol. The van der Waals surface area contributed by atoms with Gasteiger partial charge in [-0.05, 0) is 37.5 Å². The smallest absolute Gasteiger partial charge is 0.237 e. The SMILES string of the molecule is Cc1cccc(N2CCN(S(=O)(=O)CC(=O)NC(C)(CN)C(C)C)CC2)c1. The van der Waals surface area contributed by atoms with Gasteiger partial charge in [0.1, 0.15) is 5.75 Å². The molecule has 1 aromatic rings. The fraction of sp³-hybridized carbons (Fsp3) is 0.632. The summed E-state index contributed by atoms with van der Waals surface area (Å²) in [5.74, 6) is -0.940. The molecule has 0 saturated carbocycles. The lowest BCUT2D eigenvalue weighted by molar-refractivity contribution is -0.120. The molecule has 8 heteroatoms. The summed E-state index contributed by atoms with van der Waals surface area (Å²) in [4.78, 5) is 14.5. The van der Waals surface area contributed by atoms with Crippen LogP contribution in [0.3, 0.4) is 0 Å². The summed E-state index contributed by atoms with van der Waals surface area (Å²) >= 11 is 0. The Bertz CT molecular complexity index is 758. The van der Waals surface area contributed by atoms with E-state index in [2.05, 4.69) is 16.3 Å². The Morgan fingerprint density at radius 3 is 2.41 bits per heavy atom. The van der Waals surface area contributed by atoms with Gasteiger partial charge < -0.3 is 16.0 Å². The fourth-order valence-corrected chi connectivity index (χ4v) is 4.40. The van der Waals surface area contributed by atoms with Crippen molar-refractivity contribution in [2.45, 2.75) is 33.2 Å². The number of piperazine rings is 1. The molecule has 2 rings (SSSR count). The minimum atomic E-state index is -3.65. The number of benzene rings is 1. The van der Waals surface area contributed by atoms with Gasteiger partial charge in [0, 0.05) is 38.4 Å². The molecular formula is C19H32N4O3S. The molecule has 1 aliphatic rings. The van der Waals surface area contributed by atoms with Gasteiger partial charge in [0.2, 0.25) is 15.9 Å². The number of carbonyl (C=O) groups is 1. The summed E-state index contributed by atoms with van der Waals surface area (Å²) in [5.41, 5.74) is 7.42. The van der Waals surface area contributed by atoms with E-state index in [1.807, 2.05) is 45.9 Å². The highest BCUT2D eigenvalue weighted by molar-refractivity contribution is 7.89. The first-order valence-corrected chi connectivity index (χ1v) is 11.0. The van der Waals surface area contributed by atoms with Crippen molar-refractivity contribution in [3.63, 3.8) is 0 Å². The van der Waals surface area contributed by atoms with Crippen LogP contribution in [-0.4, -0.2) is 62.6 Å². The number of carbonyl (C=O) groups excluding carboxylic acids is 1. The maximum Gasteiger partial charge on any atom is 0.237 e. The Kier molecular flexibility index (Phi) is 6.88. The first kappa shape index (κ1) is 21.7. The van der Waals surface area contributed by atoms with Gasteiger partial charge in [0.25, 0.3) is 0 Å². The highest BCUT2D eigenvalue weighted by Crippen LogP contribution is 2.19. The van der Waals surface area contributed by atoms with Crippen LogP contribution >= 0.6 is 0 Å². The van der Waals surface area contributed by atoms with E-state index in [0.717, 1.165) is 5.69 Å². The second kappa shape index (κ2) is 8.58. The minimum absolute atomic E-state index is 0.104. The average Bonchev–Trinajstić information content (AvgIpc) is 2.61. The van der Waals surface area contributed by atoms with Gasteiger partial charge in [-0.1, -0.05) is 26.0 Å². The van der Waals surface area contributed by atoms with Gasteiger partial charge in [-0.2, -0.15) is 4.31 Å². The third-order valence-corrected chi connectivity index (χ3v) is 7.21. The van der Waals surface area contributed by atoms with Crippen molar-refractivity contribution in [2.24, 2.45) is 11.7 Å². The van der Waals surface area contributed by atoms with Crippen LogP contribution in [-0.2, 0) is 14.8 Å². The van der Waals surface area contributed by atoms with Gasteiger partial charge in [0.05, 0.1) is 5.54 Å². The Balaban J connectivity index is 1.95. The lowest BCUT2D eigenvalue weighted by atomic mass is 9.88. The van der Waals surface area contributed by atoms with E-state index < -0.39 is 27.2 Å². The van der Waals surface area contributed by atoms with E-state index in [4.69, 9.17) is 5.73 Å². The van der Waals surface area contributed by atoms with Crippen LogP contribution < -0.4 is 16.0 Å². The second-order valence-corrected chi connectivity index (χ2v) is 9.77. The summed E-state index contributed by atoms with van der Waals surface area (Å²) in [6.07, 6.45) is 0. The van der Waals surface area contributed by atoms with E-state index >= 15 is 0 Å². The molecule has 0 aromatic heterocycles. The van der Waals surface area contributed by atoms with E-state index in [-0.39, 0.29) is 12.5 Å². The van der Waals surface area contributed by atoms with Crippen LogP contribution in [0.5, 0.6) is 0 Å². The molecule has 152 valence electrons. The normalized spacial score (nSPS) is 18.4. The number of amides is 1. The van der Waals surface area contributed by atoms with Crippen molar-refractivity contribution in [3.8, 4) is 0 Å².